The molecule has 2 atom stereocenters. The van der Waals surface area contributed by atoms with Crippen LogP contribution in [0.15, 0.2) is 66.7 Å². The molecule has 0 aromatic heterocycles. The first-order chi connectivity index (χ1) is 16.0. The second kappa shape index (κ2) is 9.74. The fourth-order valence-corrected chi connectivity index (χ4v) is 4.18. The van der Waals surface area contributed by atoms with Crippen LogP contribution in [0.25, 0.3) is 11.1 Å². The van der Waals surface area contributed by atoms with Crippen molar-refractivity contribution < 1.29 is 24.5 Å². The number of hydrogen-bond acceptors (Lipinski definition) is 6. The number of alkyl carbamates (subject to hydrolysis) is 1. The number of carbonyl (C=O) groups is 1. The number of carbonyl (C=O) groups excluding carboxylic acids is 1. The number of aliphatic hydroxyl groups is 2. The van der Waals surface area contributed by atoms with E-state index in [1.807, 2.05) is 42.5 Å². The zero-order chi connectivity index (χ0) is 23.4. The minimum atomic E-state index is -1.32. The Bertz CT molecular complexity index is 1160. The van der Waals surface area contributed by atoms with E-state index >= 15 is 0 Å². The largest absolute Gasteiger partial charge is 0.496 e. The van der Waals surface area contributed by atoms with E-state index in [2.05, 4.69) is 17.4 Å². The molecule has 7 nitrogen and oxygen atoms in total. The normalized spacial score (nSPS) is 13.9. The van der Waals surface area contributed by atoms with Gasteiger partial charge >= 0.3 is 6.09 Å². The van der Waals surface area contributed by atoms with Crippen LogP contribution < -0.4 is 10.1 Å². The van der Waals surface area contributed by atoms with Gasteiger partial charge in [-0.05, 0) is 34.4 Å². The van der Waals surface area contributed by atoms with Crippen LogP contribution in [0.2, 0.25) is 0 Å². The summed E-state index contributed by atoms with van der Waals surface area (Å²) in [6.45, 7) is -0.0665. The molecule has 3 N–H and O–H groups in total. The highest BCUT2D eigenvalue weighted by Gasteiger charge is 2.29. The van der Waals surface area contributed by atoms with Crippen molar-refractivity contribution in [3.8, 4) is 22.9 Å². The van der Waals surface area contributed by atoms with Crippen LogP contribution >= 0.6 is 0 Å². The van der Waals surface area contributed by atoms with E-state index in [0.29, 0.717) is 11.1 Å². The molecule has 0 fully saturated rings. The highest BCUT2D eigenvalue weighted by molar-refractivity contribution is 5.79. The molecule has 3 aromatic rings. The lowest BCUT2D eigenvalue weighted by Crippen LogP contribution is -2.36. The molecule has 2 unspecified atom stereocenters. The maximum Gasteiger partial charge on any atom is 0.407 e. The van der Waals surface area contributed by atoms with E-state index in [4.69, 9.17) is 14.7 Å². The van der Waals surface area contributed by atoms with Crippen molar-refractivity contribution in [2.45, 2.75) is 18.1 Å². The number of nitriles is 1. The molecule has 0 heterocycles. The van der Waals surface area contributed by atoms with E-state index in [0.717, 1.165) is 22.3 Å². The third-order valence-corrected chi connectivity index (χ3v) is 5.84. The van der Waals surface area contributed by atoms with Gasteiger partial charge in [0.2, 0.25) is 0 Å². The lowest BCUT2D eigenvalue weighted by molar-refractivity contribution is 0.0172. The van der Waals surface area contributed by atoms with Gasteiger partial charge in [0.1, 0.15) is 24.6 Å². The number of nitrogens with zero attached hydrogens (tertiary/aromatic N) is 1. The van der Waals surface area contributed by atoms with E-state index in [9.17, 15) is 15.0 Å². The van der Waals surface area contributed by atoms with Crippen molar-refractivity contribution in [2.24, 2.45) is 0 Å². The van der Waals surface area contributed by atoms with E-state index in [-0.39, 0.29) is 24.8 Å². The maximum absolute atomic E-state index is 12.3. The molecule has 7 heteroatoms. The Balaban J connectivity index is 1.35. The minimum absolute atomic E-state index is 0.0680. The summed E-state index contributed by atoms with van der Waals surface area (Å²) in [5.41, 5.74) is 5.17. The van der Waals surface area contributed by atoms with Gasteiger partial charge in [0.25, 0.3) is 0 Å². The summed E-state index contributed by atoms with van der Waals surface area (Å²) >= 11 is 0. The number of benzene rings is 3. The average molecular weight is 444 g/mol. The van der Waals surface area contributed by atoms with E-state index in [1.165, 1.54) is 25.3 Å². The molecular weight excluding hydrogens is 420 g/mol. The Kier molecular flexibility index (Phi) is 6.59. The molecule has 33 heavy (non-hydrogen) atoms. The molecule has 0 bridgehead atoms. The van der Waals surface area contributed by atoms with Gasteiger partial charge in [-0.15, -0.1) is 0 Å². The van der Waals surface area contributed by atoms with Crippen molar-refractivity contribution >= 4 is 6.09 Å². The zero-order valence-electron chi connectivity index (χ0n) is 18.1. The van der Waals surface area contributed by atoms with Gasteiger partial charge in [-0.2, -0.15) is 5.26 Å². The number of aliphatic hydroxyl groups excluding tert-OH is 2. The van der Waals surface area contributed by atoms with Gasteiger partial charge in [0.15, 0.2) is 0 Å². The Morgan fingerprint density at radius 1 is 1.06 bits per heavy atom. The van der Waals surface area contributed by atoms with Crippen molar-refractivity contribution in [1.82, 2.24) is 5.32 Å². The first-order valence-corrected chi connectivity index (χ1v) is 10.6. The summed E-state index contributed by atoms with van der Waals surface area (Å²) in [6.07, 6.45) is -3.30. The topological polar surface area (TPSA) is 112 Å². The molecule has 3 aromatic carbocycles. The maximum atomic E-state index is 12.3. The summed E-state index contributed by atoms with van der Waals surface area (Å²) in [5, 5.41) is 32.4. The van der Waals surface area contributed by atoms with Crippen molar-refractivity contribution in [2.75, 3.05) is 20.3 Å². The molecule has 1 aliphatic carbocycles. The van der Waals surface area contributed by atoms with E-state index < -0.39 is 18.3 Å². The highest BCUT2D eigenvalue weighted by Crippen LogP contribution is 2.44. The fourth-order valence-electron chi connectivity index (χ4n) is 4.18. The van der Waals surface area contributed by atoms with Gasteiger partial charge in [-0.3, -0.25) is 0 Å². The standard InChI is InChI=1S/C26H24N2O5/c1-32-24-12-16(13-27)10-11-21(24)25(30)23(29)14-28-26(31)33-15-22-19-8-4-2-6-17(19)18-7-3-5-9-20(18)22/h2-12,22-23,25,29-30H,14-15H2,1H3,(H,28,31). The van der Waals surface area contributed by atoms with Crippen LogP contribution in [-0.2, 0) is 4.74 Å². The van der Waals surface area contributed by atoms with Crippen molar-refractivity contribution in [1.29, 1.82) is 5.26 Å². The van der Waals surface area contributed by atoms with Crippen molar-refractivity contribution in [3.05, 3.63) is 89.0 Å². The first kappa shape index (κ1) is 22.3. The molecule has 0 aliphatic heterocycles. The molecule has 0 radical (unpaired) electrons. The molecule has 168 valence electrons. The molecule has 0 saturated carbocycles. The van der Waals surface area contributed by atoms with E-state index in [1.54, 1.807) is 0 Å². The molecule has 0 spiro atoms. The summed E-state index contributed by atoms with van der Waals surface area (Å²) in [7, 11) is 1.41. The third kappa shape index (κ3) is 4.53. The number of fused-ring (bicyclic) bond motifs is 3. The van der Waals surface area contributed by atoms with Crippen molar-refractivity contribution in [3.63, 3.8) is 0 Å². The second-order valence-electron chi connectivity index (χ2n) is 7.79. The Morgan fingerprint density at radius 3 is 2.30 bits per heavy atom. The summed E-state index contributed by atoms with van der Waals surface area (Å²) in [5.74, 6) is 0.211. The van der Waals surface area contributed by atoms with Gasteiger partial charge in [0.05, 0.1) is 18.7 Å². The van der Waals surface area contributed by atoms with Crippen LogP contribution in [0.4, 0.5) is 4.79 Å². The van der Waals surface area contributed by atoms with Gasteiger partial charge < -0.3 is 25.0 Å². The van der Waals surface area contributed by atoms with Gasteiger partial charge in [-0.25, -0.2) is 4.79 Å². The van der Waals surface area contributed by atoms with Gasteiger partial charge in [0, 0.05) is 18.0 Å². The zero-order valence-corrected chi connectivity index (χ0v) is 18.1. The SMILES string of the molecule is COc1cc(C#N)ccc1C(O)C(O)CNC(=O)OCC1c2ccccc2-c2ccccc21. The van der Waals surface area contributed by atoms with Crippen LogP contribution in [0.3, 0.4) is 0 Å². The molecule has 0 saturated heterocycles. The number of hydrogen-bond donors (Lipinski definition) is 3. The lowest BCUT2D eigenvalue weighted by Gasteiger charge is -2.21. The van der Waals surface area contributed by atoms with Gasteiger partial charge in [-0.1, -0.05) is 54.6 Å². The summed E-state index contributed by atoms with van der Waals surface area (Å²) in [4.78, 5) is 12.3. The van der Waals surface area contributed by atoms with Crippen LogP contribution in [0.5, 0.6) is 5.75 Å². The highest BCUT2D eigenvalue weighted by atomic mass is 16.5. The minimum Gasteiger partial charge on any atom is -0.496 e. The molecular formula is C26H24N2O5. The predicted molar refractivity (Wildman–Crippen MR) is 122 cm³/mol. The van der Waals surface area contributed by atoms with Crippen LogP contribution in [0, 0.1) is 11.3 Å². The quantitative estimate of drug-likeness (QED) is 0.514. The summed E-state index contributed by atoms with van der Waals surface area (Å²) < 4.78 is 10.7. The monoisotopic (exact) mass is 444 g/mol. The number of amides is 1. The Morgan fingerprint density at radius 2 is 1.70 bits per heavy atom. The average Bonchev–Trinajstić information content (AvgIpc) is 3.18. The lowest BCUT2D eigenvalue weighted by atomic mass is 9.98. The first-order valence-electron chi connectivity index (χ1n) is 10.6. The van der Waals surface area contributed by atoms with Crippen LogP contribution in [-0.4, -0.2) is 42.7 Å². The number of nitrogens with one attached hydrogen (secondary N) is 1. The molecule has 4 rings (SSSR count). The number of ether oxygens (including phenoxy) is 2. The number of rotatable bonds is 7. The Hall–Kier alpha value is -3.86. The second-order valence-corrected chi connectivity index (χ2v) is 7.79. The third-order valence-electron chi connectivity index (χ3n) is 5.84. The smallest absolute Gasteiger partial charge is 0.407 e. The molecule has 1 amide bonds. The van der Waals surface area contributed by atoms with Crippen LogP contribution in [0.1, 0.15) is 34.3 Å². The Labute approximate surface area is 191 Å². The molecule has 1 aliphatic rings. The fraction of sp³-hybridized carbons (Fsp3) is 0.231. The predicted octanol–water partition coefficient (Wildman–Crippen LogP) is 3.50. The number of methoxy groups -OCH3 is 1. The summed E-state index contributed by atoms with van der Waals surface area (Å²) in [6, 6.07) is 22.6.